The van der Waals surface area contributed by atoms with E-state index in [0.29, 0.717) is 28.8 Å². The lowest BCUT2D eigenvalue weighted by atomic mass is 10.1. The van der Waals surface area contributed by atoms with E-state index in [1.165, 1.54) is 23.1 Å². The van der Waals surface area contributed by atoms with Gasteiger partial charge in [0.1, 0.15) is 11.9 Å². The second-order valence-corrected chi connectivity index (χ2v) is 5.76. The van der Waals surface area contributed by atoms with Gasteiger partial charge >= 0.3 is 5.97 Å². The smallest absolute Gasteiger partial charge is 0.330 e. The minimum Gasteiger partial charge on any atom is -0.464 e. The zero-order valence-electron chi connectivity index (χ0n) is 11.6. The largest absolute Gasteiger partial charge is 0.464 e. The summed E-state index contributed by atoms with van der Waals surface area (Å²) in [5, 5.41) is 3.08. The molecule has 5 nitrogen and oxygen atoms in total. The summed E-state index contributed by atoms with van der Waals surface area (Å²) in [6, 6.07) is 3.35. The van der Waals surface area contributed by atoms with E-state index in [2.05, 4.69) is 5.32 Å². The van der Waals surface area contributed by atoms with Gasteiger partial charge in [0.15, 0.2) is 0 Å². The first-order valence-electron chi connectivity index (χ1n) is 6.68. The number of halogens is 2. The van der Waals surface area contributed by atoms with Crippen LogP contribution in [-0.2, 0) is 9.53 Å². The first kappa shape index (κ1) is 16.2. The first-order chi connectivity index (χ1) is 10.0. The average Bonchev–Trinajstić information content (AvgIpc) is 2.47. The van der Waals surface area contributed by atoms with Crippen molar-refractivity contribution >= 4 is 34.5 Å². The summed E-state index contributed by atoms with van der Waals surface area (Å²) in [6.07, 6.45) is 0. The molecule has 0 aliphatic carbocycles. The maximum atomic E-state index is 13.1. The molecule has 21 heavy (non-hydrogen) atoms. The number of nitrogens with zero attached hydrogens (tertiary/aromatic N) is 1. The molecule has 0 spiro atoms. The third-order valence-corrected chi connectivity index (χ3v) is 4.12. The van der Waals surface area contributed by atoms with E-state index in [4.69, 9.17) is 4.74 Å². The van der Waals surface area contributed by atoms with Gasteiger partial charge in [0.25, 0.3) is 5.91 Å². The molecule has 1 aliphatic heterocycles. The number of carbonyl (C=O) groups excluding carboxylic acids is 2. The highest BCUT2D eigenvalue weighted by molar-refractivity contribution is 14.1. The summed E-state index contributed by atoms with van der Waals surface area (Å²) in [5.41, 5.74) is 0.396. The highest BCUT2D eigenvalue weighted by Crippen LogP contribution is 2.18. The summed E-state index contributed by atoms with van der Waals surface area (Å²) in [6.45, 7) is 3.38. The molecule has 1 atom stereocenters. The maximum Gasteiger partial charge on any atom is 0.330 e. The number of nitrogens with one attached hydrogen (secondary N) is 1. The van der Waals surface area contributed by atoms with Crippen molar-refractivity contribution in [2.45, 2.75) is 13.0 Å². The Balaban J connectivity index is 2.24. The van der Waals surface area contributed by atoms with Crippen molar-refractivity contribution in [3.63, 3.8) is 0 Å². The third kappa shape index (κ3) is 3.70. The van der Waals surface area contributed by atoms with Crippen LogP contribution in [0.4, 0.5) is 4.39 Å². The molecule has 7 heteroatoms. The molecule has 0 radical (unpaired) electrons. The Kier molecular flexibility index (Phi) is 5.51. The van der Waals surface area contributed by atoms with Crippen molar-refractivity contribution in [3.05, 3.63) is 33.1 Å². The van der Waals surface area contributed by atoms with Crippen molar-refractivity contribution in [2.24, 2.45) is 0 Å². The molecule has 1 fully saturated rings. The molecule has 1 unspecified atom stereocenters. The first-order valence-corrected chi connectivity index (χ1v) is 7.75. The van der Waals surface area contributed by atoms with Crippen molar-refractivity contribution in [1.29, 1.82) is 0 Å². The van der Waals surface area contributed by atoms with Gasteiger partial charge in [-0.15, -0.1) is 0 Å². The van der Waals surface area contributed by atoms with Crippen molar-refractivity contribution in [3.8, 4) is 0 Å². The molecule has 1 aromatic rings. The third-order valence-electron chi connectivity index (χ3n) is 3.22. The molecular weight excluding hydrogens is 390 g/mol. The predicted octanol–water partition coefficient (Wildman–Crippen LogP) is 1.41. The standard InChI is InChI=1S/C14H16FIN2O3/c1-2-21-14(20)12-8-17-5-6-18(12)13(19)10-4-3-9(15)7-11(10)16/h3-4,7,12,17H,2,5-6,8H2,1H3. The van der Waals surface area contributed by atoms with E-state index >= 15 is 0 Å². The van der Waals surface area contributed by atoms with Gasteiger partial charge in [-0.3, -0.25) is 4.79 Å². The molecule has 1 amide bonds. The number of ether oxygens (including phenoxy) is 1. The summed E-state index contributed by atoms with van der Waals surface area (Å²) in [5.74, 6) is -1.09. The predicted molar refractivity (Wildman–Crippen MR) is 83.4 cm³/mol. The number of hydrogen-bond acceptors (Lipinski definition) is 4. The lowest BCUT2D eigenvalue weighted by Gasteiger charge is -2.34. The van der Waals surface area contributed by atoms with Crippen LogP contribution < -0.4 is 5.32 Å². The SMILES string of the molecule is CCOC(=O)C1CNCCN1C(=O)c1ccc(F)cc1I. The normalized spacial score (nSPS) is 18.4. The number of hydrogen-bond donors (Lipinski definition) is 1. The van der Waals surface area contributed by atoms with Gasteiger partial charge in [-0.25, -0.2) is 9.18 Å². The van der Waals surface area contributed by atoms with Crippen LogP contribution in [0.5, 0.6) is 0 Å². The molecule has 114 valence electrons. The van der Waals surface area contributed by atoms with Gasteiger partial charge in [-0.1, -0.05) is 0 Å². The summed E-state index contributed by atoms with van der Waals surface area (Å²) in [4.78, 5) is 26.1. The number of amides is 1. The molecule has 1 N–H and O–H groups in total. The summed E-state index contributed by atoms with van der Waals surface area (Å²) >= 11 is 1.92. The van der Waals surface area contributed by atoms with Crippen molar-refractivity contribution in [1.82, 2.24) is 10.2 Å². The van der Waals surface area contributed by atoms with Crippen molar-refractivity contribution < 1.29 is 18.7 Å². The zero-order valence-corrected chi connectivity index (χ0v) is 13.7. The van der Waals surface area contributed by atoms with E-state index < -0.39 is 17.8 Å². The van der Waals surface area contributed by atoms with E-state index in [1.807, 2.05) is 22.6 Å². The van der Waals surface area contributed by atoms with Crippen LogP contribution in [0, 0.1) is 9.39 Å². The fourth-order valence-corrected chi connectivity index (χ4v) is 2.92. The monoisotopic (exact) mass is 406 g/mol. The fraction of sp³-hybridized carbons (Fsp3) is 0.429. The van der Waals surface area contributed by atoms with E-state index in [1.54, 1.807) is 6.92 Å². The Morgan fingerprint density at radius 1 is 1.52 bits per heavy atom. The number of esters is 1. The lowest BCUT2D eigenvalue weighted by molar-refractivity contribution is -0.149. The molecule has 1 heterocycles. The average molecular weight is 406 g/mol. The van der Waals surface area contributed by atoms with Crippen LogP contribution in [0.2, 0.25) is 0 Å². The zero-order chi connectivity index (χ0) is 15.4. The van der Waals surface area contributed by atoms with Crippen LogP contribution in [0.1, 0.15) is 17.3 Å². The second kappa shape index (κ2) is 7.17. The number of benzene rings is 1. The van der Waals surface area contributed by atoms with E-state index in [0.717, 1.165) is 0 Å². The van der Waals surface area contributed by atoms with Crippen LogP contribution in [0.25, 0.3) is 0 Å². The topological polar surface area (TPSA) is 58.6 Å². The highest BCUT2D eigenvalue weighted by atomic mass is 127. The molecule has 0 aromatic heterocycles. The molecular formula is C14H16FIN2O3. The fourth-order valence-electron chi connectivity index (χ4n) is 2.21. The highest BCUT2D eigenvalue weighted by Gasteiger charge is 2.34. The second-order valence-electron chi connectivity index (χ2n) is 4.59. The number of piperazine rings is 1. The minimum atomic E-state index is -0.646. The Morgan fingerprint density at radius 3 is 2.95 bits per heavy atom. The van der Waals surface area contributed by atoms with Crippen LogP contribution in [0.3, 0.4) is 0 Å². The van der Waals surface area contributed by atoms with Gasteiger partial charge < -0.3 is 15.0 Å². The summed E-state index contributed by atoms with van der Waals surface area (Å²) < 4.78 is 18.7. The number of carbonyl (C=O) groups is 2. The molecule has 0 saturated carbocycles. The molecule has 1 saturated heterocycles. The Hall–Kier alpha value is -1.22. The Bertz CT molecular complexity index is 553. The van der Waals surface area contributed by atoms with Crippen LogP contribution >= 0.6 is 22.6 Å². The Morgan fingerprint density at radius 2 is 2.29 bits per heavy atom. The molecule has 2 rings (SSSR count). The molecule has 1 aliphatic rings. The van der Waals surface area contributed by atoms with Gasteiger partial charge in [0.2, 0.25) is 0 Å². The molecule has 0 bridgehead atoms. The lowest BCUT2D eigenvalue weighted by Crippen LogP contribution is -2.57. The Labute approximate surface area is 136 Å². The minimum absolute atomic E-state index is 0.269. The van der Waals surface area contributed by atoms with Crippen molar-refractivity contribution in [2.75, 3.05) is 26.2 Å². The summed E-state index contributed by atoms with van der Waals surface area (Å²) in [7, 11) is 0. The van der Waals surface area contributed by atoms with Gasteiger partial charge in [-0.2, -0.15) is 0 Å². The van der Waals surface area contributed by atoms with Gasteiger partial charge in [-0.05, 0) is 47.7 Å². The van der Waals surface area contributed by atoms with Gasteiger partial charge in [0, 0.05) is 23.2 Å². The van der Waals surface area contributed by atoms with Crippen LogP contribution in [-0.4, -0.2) is 49.1 Å². The molecule has 1 aromatic carbocycles. The number of rotatable bonds is 3. The van der Waals surface area contributed by atoms with Crippen LogP contribution in [0.15, 0.2) is 18.2 Å². The van der Waals surface area contributed by atoms with E-state index in [9.17, 15) is 14.0 Å². The maximum absolute atomic E-state index is 13.1. The van der Waals surface area contributed by atoms with E-state index in [-0.39, 0.29) is 12.5 Å². The van der Waals surface area contributed by atoms with Gasteiger partial charge in [0.05, 0.1) is 12.2 Å². The quantitative estimate of drug-likeness (QED) is 0.610.